The first kappa shape index (κ1) is 17.9. The zero-order chi connectivity index (χ0) is 17.6. The Morgan fingerprint density at radius 1 is 1.24 bits per heavy atom. The van der Waals surface area contributed by atoms with Gasteiger partial charge in [-0.25, -0.2) is 0 Å². The van der Waals surface area contributed by atoms with Gasteiger partial charge < -0.3 is 23.7 Å². The van der Waals surface area contributed by atoms with Crippen molar-refractivity contribution in [1.29, 1.82) is 0 Å². The van der Waals surface area contributed by atoms with E-state index in [0.717, 1.165) is 17.3 Å². The first-order valence-corrected chi connectivity index (χ1v) is 8.71. The van der Waals surface area contributed by atoms with Gasteiger partial charge in [0.1, 0.15) is 5.69 Å². The molecule has 1 unspecified atom stereocenters. The second kappa shape index (κ2) is 8.47. The SMILES string of the molecule is COCCC1COCCN1C(=O)c1cc2ccccc2n1CCOC. The van der Waals surface area contributed by atoms with Crippen molar-refractivity contribution in [3.63, 3.8) is 0 Å². The molecule has 1 aliphatic rings. The highest BCUT2D eigenvalue weighted by Gasteiger charge is 2.30. The Labute approximate surface area is 148 Å². The van der Waals surface area contributed by atoms with E-state index in [0.29, 0.717) is 45.2 Å². The average molecular weight is 346 g/mol. The van der Waals surface area contributed by atoms with Crippen LogP contribution in [0.5, 0.6) is 0 Å². The zero-order valence-electron chi connectivity index (χ0n) is 14.9. The molecule has 0 spiro atoms. The van der Waals surface area contributed by atoms with Crippen molar-refractivity contribution >= 4 is 16.8 Å². The minimum atomic E-state index is 0.0510. The van der Waals surface area contributed by atoms with Crippen molar-refractivity contribution in [2.24, 2.45) is 0 Å². The Balaban J connectivity index is 1.91. The van der Waals surface area contributed by atoms with Crippen molar-refractivity contribution in [2.75, 3.05) is 47.2 Å². The molecule has 2 heterocycles. The minimum Gasteiger partial charge on any atom is -0.385 e. The van der Waals surface area contributed by atoms with Crippen molar-refractivity contribution in [2.45, 2.75) is 19.0 Å². The van der Waals surface area contributed by atoms with Crippen LogP contribution in [-0.4, -0.2) is 68.6 Å². The number of morpholine rings is 1. The van der Waals surface area contributed by atoms with E-state index >= 15 is 0 Å². The van der Waals surface area contributed by atoms with Crippen LogP contribution in [0.25, 0.3) is 10.9 Å². The van der Waals surface area contributed by atoms with E-state index in [9.17, 15) is 4.79 Å². The molecule has 6 heteroatoms. The van der Waals surface area contributed by atoms with E-state index in [1.165, 1.54) is 0 Å². The van der Waals surface area contributed by atoms with Crippen LogP contribution in [0, 0.1) is 0 Å². The van der Waals surface area contributed by atoms with E-state index in [1.54, 1.807) is 14.2 Å². The molecular weight excluding hydrogens is 320 g/mol. The highest BCUT2D eigenvalue weighted by molar-refractivity contribution is 5.99. The number of fused-ring (bicyclic) bond motifs is 1. The fourth-order valence-corrected chi connectivity index (χ4v) is 3.37. The molecule has 25 heavy (non-hydrogen) atoms. The normalized spacial score (nSPS) is 18.0. The maximum Gasteiger partial charge on any atom is 0.270 e. The monoisotopic (exact) mass is 346 g/mol. The third-order valence-corrected chi connectivity index (χ3v) is 4.69. The largest absolute Gasteiger partial charge is 0.385 e. The molecule has 1 amide bonds. The maximum absolute atomic E-state index is 13.3. The van der Waals surface area contributed by atoms with Gasteiger partial charge in [0.15, 0.2) is 0 Å². The number of hydrogen-bond acceptors (Lipinski definition) is 4. The maximum atomic E-state index is 13.3. The van der Waals surface area contributed by atoms with Crippen LogP contribution in [-0.2, 0) is 20.8 Å². The topological polar surface area (TPSA) is 52.9 Å². The van der Waals surface area contributed by atoms with E-state index in [1.807, 2.05) is 35.2 Å². The lowest BCUT2D eigenvalue weighted by Crippen LogP contribution is -2.49. The van der Waals surface area contributed by atoms with Crippen LogP contribution >= 0.6 is 0 Å². The summed E-state index contributed by atoms with van der Waals surface area (Å²) in [4.78, 5) is 15.2. The van der Waals surface area contributed by atoms with Crippen LogP contribution in [0.15, 0.2) is 30.3 Å². The van der Waals surface area contributed by atoms with Gasteiger partial charge in [-0.05, 0) is 18.6 Å². The third-order valence-electron chi connectivity index (χ3n) is 4.69. The number of amides is 1. The molecule has 0 N–H and O–H groups in total. The van der Waals surface area contributed by atoms with E-state index < -0.39 is 0 Å². The zero-order valence-corrected chi connectivity index (χ0v) is 14.9. The molecule has 1 aromatic heterocycles. The lowest BCUT2D eigenvalue weighted by atomic mass is 10.1. The molecule has 1 aliphatic heterocycles. The summed E-state index contributed by atoms with van der Waals surface area (Å²) in [7, 11) is 3.36. The number of hydrogen-bond donors (Lipinski definition) is 0. The third kappa shape index (κ3) is 3.86. The van der Waals surface area contributed by atoms with E-state index in [2.05, 4.69) is 4.57 Å². The van der Waals surface area contributed by atoms with Gasteiger partial charge in [0.05, 0.1) is 25.9 Å². The number of carbonyl (C=O) groups excluding carboxylic acids is 1. The van der Waals surface area contributed by atoms with Crippen LogP contribution in [0.1, 0.15) is 16.9 Å². The Hall–Kier alpha value is -1.89. The summed E-state index contributed by atoms with van der Waals surface area (Å²) >= 11 is 0. The van der Waals surface area contributed by atoms with Crippen molar-refractivity contribution in [1.82, 2.24) is 9.47 Å². The fraction of sp³-hybridized carbons (Fsp3) is 0.526. The second-order valence-electron chi connectivity index (χ2n) is 6.24. The van der Waals surface area contributed by atoms with Crippen molar-refractivity contribution < 1.29 is 19.0 Å². The molecule has 2 aromatic rings. The van der Waals surface area contributed by atoms with Gasteiger partial charge in [-0.2, -0.15) is 0 Å². The van der Waals surface area contributed by atoms with Crippen LogP contribution in [0.2, 0.25) is 0 Å². The molecule has 3 rings (SSSR count). The minimum absolute atomic E-state index is 0.0510. The Morgan fingerprint density at radius 2 is 2.04 bits per heavy atom. The van der Waals surface area contributed by atoms with Crippen LogP contribution < -0.4 is 0 Å². The van der Waals surface area contributed by atoms with Gasteiger partial charge in [0, 0.05) is 44.8 Å². The number of nitrogens with zero attached hydrogens (tertiary/aromatic N) is 2. The molecule has 0 bridgehead atoms. The van der Waals surface area contributed by atoms with Gasteiger partial charge in [-0.1, -0.05) is 18.2 Å². The van der Waals surface area contributed by atoms with E-state index in [-0.39, 0.29) is 11.9 Å². The highest BCUT2D eigenvalue weighted by Crippen LogP contribution is 2.23. The predicted molar refractivity (Wildman–Crippen MR) is 96.0 cm³/mol. The fourth-order valence-electron chi connectivity index (χ4n) is 3.37. The molecule has 1 fully saturated rings. The number of ether oxygens (including phenoxy) is 3. The van der Waals surface area contributed by atoms with Crippen LogP contribution in [0.4, 0.5) is 0 Å². The molecule has 1 atom stereocenters. The molecule has 136 valence electrons. The molecule has 0 aliphatic carbocycles. The first-order valence-electron chi connectivity index (χ1n) is 8.71. The smallest absolute Gasteiger partial charge is 0.270 e. The van der Waals surface area contributed by atoms with Crippen molar-refractivity contribution in [3.8, 4) is 0 Å². The summed E-state index contributed by atoms with van der Waals surface area (Å²) < 4.78 is 18.1. The Kier molecular flexibility index (Phi) is 6.07. The summed E-state index contributed by atoms with van der Waals surface area (Å²) in [5.74, 6) is 0.0525. The number of para-hydroxylation sites is 1. The van der Waals surface area contributed by atoms with E-state index in [4.69, 9.17) is 14.2 Å². The Bertz CT molecular complexity index is 713. The quantitative estimate of drug-likeness (QED) is 0.771. The predicted octanol–water partition coefficient (Wildman–Crippen LogP) is 2.17. The second-order valence-corrected chi connectivity index (χ2v) is 6.24. The number of methoxy groups -OCH3 is 2. The molecule has 0 radical (unpaired) electrons. The number of carbonyl (C=O) groups is 1. The Morgan fingerprint density at radius 3 is 2.84 bits per heavy atom. The standard InChI is InChI=1S/C19H26N2O4/c1-23-10-7-16-14-25-12-9-20(16)19(22)18-13-15-5-3-4-6-17(15)21(18)8-11-24-2/h3-6,13,16H,7-12,14H2,1-2H3. The highest BCUT2D eigenvalue weighted by atomic mass is 16.5. The molecule has 1 aromatic carbocycles. The summed E-state index contributed by atoms with van der Waals surface area (Å²) in [6.45, 7) is 3.58. The molecule has 1 saturated heterocycles. The lowest BCUT2D eigenvalue weighted by molar-refractivity contribution is -0.0109. The molecule has 0 saturated carbocycles. The van der Waals surface area contributed by atoms with Gasteiger partial charge in [-0.15, -0.1) is 0 Å². The molecule has 6 nitrogen and oxygen atoms in total. The van der Waals surface area contributed by atoms with Gasteiger partial charge in [0.25, 0.3) is 5.91 Å². The van der Waals surface area contributed by atoms with Crippen molar-refractivity contribution in [3.05, 3.63) is 36.0 Å². The van der Waals surface area contributed by atoms with Gasteiger partial charge in [-0.3, -0.25) is 4.79 Å². The number of benzene rings is 1. The average Bonchev–Trinajstić information content (AvgIpc) is 3.03. The van der Waals surface area contributed by atoms with Gasteiger partial charge >= 0.3 is 0 Å². The number of aromatic nitrogens is 1. The lowest BCUT2D eigenvalue weighted by Gasteiger charge is -2.35. The summed E-state index contributed by atoms with van der Waals surface area (Å²) in [5, 5.41) is 1.07. The summed E-state index contributed by atoms with van der Waals surface area (Å²) in [6.07, 6.45) is 0.778. The first-order chi connectivity index (χ1) is 12.3. The van der Waals surface area contributed by atoms with Gasteiger partial charge in [0.2, 0.25) is 0 Å². The number of rotatable bonds is 7. The summed E-state index contributed by atoms with van der Waals surface area (Å²) in [6, 6.07) is 10.1. The molecular formula is C19H26N2O4. The van der Waals surface area contributed by atoms with Crippen LogP contribution in [0.3, 0.4) is 0 Å². The summed E-state index contributed by atoms with van der Waals surface area (Å²) in [5.41, 5.74) is 1.77.